The summed E-state index contributed by atoms with van der Waals surface area (Å²) in [5.41, 5.74) is 0.680. The van der Waals surface area contributed by atoms with E-state index >= 15 is 0 Å². The highest BCUT2D eigenvalue weighted by Gasteiger charge is 2.37. The van der Waals surface area contributed by atoms with Crippen LogP contribution < -0.4 is 0 Å². The largest absolute Gasteiger partial charge is 0.385 e. The summed E-state index contributed by atoms with van der Waals surface area (Å²) >= 11 is 5.76. The summed E-state index contributed by atoms with van der Waals surface area (Å²) in [5, 5.41) is 10.8. The van der Waals surface area contributed by atoms with Gasteiger partial charge in [0.15, 0.2) is 0 Å². The number of fused-ring (bicyclic) bond motifs is 1. The van der Waals surface area contributed by atoms with Gasteiger partial charge < -0.3 is 5.11 Å². The van der Waals surface area contributed by atoms with Crippen LogP contribution in [-0.2, 0) is 18.4 Å². The molecular formula is C16H13ClF2O. The lowest BCUT2D eigenvalue weighted by Gasteiger charge is -2.24. The number of aliphatic hydroxyl groups is 1. The Morgan fingerprint density at radius 3 is 2.80 bits per heavy atom. The van der Waals surface area contributed by atoms with E-state index in [1.807, 2.05) is 0 Å². The monoisotopic (exact) mass is 294 g/mol. The number of hydrogen-bond acceptors (Lipinski definition) is 1. The van der Waals surface area contributed by atoms with E-state index in [1.165, 1.54) is 18.2 Å². The molecule has 3 rings (SSSR count). The highest BCUT2D eigenvalue weighted by atomic mass is 35.5. The molecule has 1 aliphatic carbocycles. The molecule has 4 heteroatoms. The fourth-order valence-electron chi connectivity index (χ4n) is 2.88. The minimum atomic E-state index is -1.16. The van der Waals surface area contributed by atoms with E-state index in [0.717, 1.165) is 5.56 Å². The third kappa shape index (κ3) is 2.21. The van der Waals surface area contributed by atoms with Gasteiger partial charge in [-0.2, -0.15) is 0 Å². The molecule has 0 fully saturated rings. The van der Waals surface area contributed by atoms with Gasteiger partial charge in [0, 0.05) is 6.42 Å². The molecular weight excluding hydrogens is 282 g/mol. The van der Waals surface area contributed by atoms with Crippen LogP contribution in [-0.4, -0.2) is 5.11 Å². The Hall–Kier alpha value is -1.45. The second kappa shape index (κ2) is 4.83. The molecule has 0 saturated carbocycles. The fourth-order valence-corrected chi connectivity index (χ4v) is 3.08. The number of rotatable bonds is 2. The van der Waals surface area contributed by atoms with E-state index in [1.54, 1.807) is 18.2 Å². The maximum atomic E-state index is 14.0. The molecule has 2 aromatic rings. The lowest BCUT2D eigenvalue weighted by Crippen LogP contribution is -2.26. The van der Waals surface area contributed by atoms with E-state index in [9.17, 15) is 13.9 Å². The van der Waals surface area contributed by atoms with Crippen molar-refractivity contribution in [2.24, 2.45) is 0 Å². The second-order valence-corrected chi connectivity index (χ2v) is 5.63. The minimum Gasteiger partial charge on any atom is -0.385 e. The van der Waals surface area contributed by atoms with Crippen LogP contribution in [0.5, 0.6) is 0 Å². The Balaban J connectivity index is 1.98. The van der Waals surface area contributed by atoms with Gasteiger partial charge in [0.25, 0.3) is 0 Å². The van der Waals surface area contributed by atoms with Crippen molar-refractivity contribution in [2.45, 2.75) is 24.9 Å². The lowest BCUT2D eigenvalue weighted by molar-refractivity contribution is 0.0381. The summed E-state index contributed by atoms with van der Waals surface area (Å²) in [6, 6.07) is 9.08. The molecule has 2 aromatic carbocycles. The van der Waals surface area contributed by atoms with Crippen molar-refractivity contribution in [3.05, 3.63) is 69.7 Å². The van der Waals surface area contributed by atoms with Crippen molar-refractivity contribution < 1.29 is 13.9 Å². The molecule has 1 atom stereocenters. The Bertz CT molecular complexity index is 672. The first-order valence-corrected chi connectivity index (χ1v) is 6.81. The molecule has 1 aliphatic rings. The summed E-state index contributed by atoms with van der Waals surface area (Å²) < 4.78 is 27.2. The smallest absolute Gasteiger partial charge is 0.145 e. The molecule has 0 spiro atoms. The predicted octanol–water partition coefficient (Wildman–Crippen LogP) is 3.99. The van der Waals surface area contributed by atoms with Crippen LogP contribution in [0.2, 0.25) is 5.02 Å². The summed E-state index contributed by atoms with van der Waals surface area (Å²) in [7, 11) is 0. The standard InChI is InChI=1S/C16H13ClF2O/c17-14-3-1-2-11(15(14)19)9-16(20)7-6-10-8-12(18)4-5-13(10)16/h1-5,8,20H,6-7,9H2. The molecule has 1 nitrogen and oxygen atoms in total. The van der Waals surface area contributed by atoms with Crippen molar-refractivity contribution >= 4 is 11.6 Å². The molecule has 20 heavy (non-hydrogen) atoms. The van der Waals surface area contributed by atoms with Gasteiger partial charge in [0.2, 0.25) is 0 Å². The normalized spacial score (nSPS) is 21.0. The topological polar surface area (TPSA) is 20.2 Å². The summed E-state index contributed by atoms with van der Waals surface area (Å²) in [6.07, 6.45) is 1.18. The third-order valence-electron chi connectivity index (χ3n) is 3.89. The van der Waals surface area contributed by atoms with Crippen LogP contribution in [0.4, 0.5) is 8.78 Å². The van der Waals surface area contributed by atoms with Gasteiger partial charge in [-0.1, -0.05) is 29.8 Å². The highest BCUT2D eigenvalue weighted by Crippen LogP contribution is 2.40. The minimum absolute atomic E-state index is 0.0448. The average molecular weight is 295 g/mol. The van der Waals surface area contributed by atoms with E-state index < -0.39 is 11.4 Å². The fraction of sp³-hybridized carbons (Fsp3) is 0.250. The van der Waals surface area contributed by atoms with Gasteiger partial charge in [-0.05, 0) is 47.7 Å². The van der Waals surface area contributed by atoms with Crippen LogP contribution in [0.25, 0.3) is 0 Å². The zero-order chi connectivity index (χ0) is 14.3. The molecule has 0 heterocycles. The highest BCUT2D eigenvalue weighted by molar-refractivity contribution is 6.30. The third-order valence-corrected chi connectivity index (χ3v) is 4.18. The van der Waals surface area contributed by atoms with Crippen molar-refractivity contribution in [2.75, 3.05) is 0 Å². The molecule has 0 radical (unpaired) electrons. The SMILES string of the molecule is OC1(Cc2cccc(Cl)c2F)CCc2cc(F)ccc21. The number of benzene rings is 2. The Morgan fingerprint density at radius 2 is 2.00 bits per heavy atom. The molecule has 1 unspecified atom stereocenters. The summed E-state index contributed by atoms with van der Waals surface area (Å²) in [5.74, 6) is -0.819. The van der Waals surface area contributed by atoms with Crippen LogP contribution in [0.3, 0.4) is 0 Å². The Kier molecular flexibility index (Phi) is 3.27. The molecule has 104 valence electrons. The van der Waals surface area contributed by atoms with E-state index in [-0.39, 0.29) is 17.3 Å². The second-order valence-electron chi connectivity index (χ2n) is 5.22. The molecule has 0 saturated heterocycles. The van der Waals surface area contributed by atoms with Gasteiger partial charge in [-0.15, -0.1) is 0 Å². The van der Waals surface area contributed by atoms with Gasteiger partial charge in [0.1, 0.15) is 11.6 Å². The van der Waals surface area contributed by atoms with Crippen LogP contribution in [0.15, 0.2) is 36.4 Å². The molecule has 0 amide bonds. The zero-order valence-electron chi connectivity index (χ0n) is 10.7. The maximum absolute atomic E-state index is 14.0. The first-order chi connectivity index (χ1) is 9.49. The van der Waals surface area contributed by atoms with E-state index in [2.05, 4.69) is 0 Å². The molecule has 0 aromatic heterocycles. The van der Waals surface area contributed by atoms with Crippen LogP contribution in [0, 0.1) is 11.6 Å². The van der Waals surface area contributed by atoms with Crippen molar-refractivity contribution in [1.29, 1.82) is 0 Å². The molecule has 0 bridgehead atoms. The zero-order valence-corrected chi connectivity index (χ0v) is 11.4. The van der Waals surface area contributed by atoms with Crippen LogP contribution >= 0.6 is 11.6 Å². The van der Waals surface area contributed by atoms with Gasteiger partial charge in [0.05, 0.1) is 10.6 Å². The first-order valence-electron chi connectivity index (χ1n) is 6.44. The Morgan fingerprint density at radius 1 is 1.20 bits per heavy atom. The quantitative estimate of drug-likeness (QED) is 0.888. The van der Waals surface area contributed by atoms with E-state index in [4.69, 9.17) is 11.6 Å². The summed E-state index contributed by atoms with van der Waals surface area (Å²) in [4.78, 5) is 0. The molecule has 1 N–H and O–H groups in total. The van der Waals surface area contributed by atoms with Crippen molar-refractivity contribution in [3.8, 4) is 0 Å². The van der Waals surface area contributed by atoms with Gasteiger partial charge in [-0.3, -0.25) is 0 Å². The number of aryl methyl sites for hydroxylation is 1. The lowest BCUT2D eigenvalue weighted by atomic mass is 9.88. The van der Waals surface area contributed by atoms with Gasteiger partial charge in [-0.25, -0.2) is 8.78 Å². The van der Waals surface area contributed by atoms with Gasteiger partial charge >= 0.3 is 0 Å². The maximum Gasteiger partial charge on any atom is 0.145 e. The van der Waals surface area contributed by atoms with Crippen LogP contribution in [0.1, 0.15) is 23.1 Å². The number of hydrogen-bond donors (Lipinski definition) is 1. The average Bonchev–Trinajstić information content (AvgIpc) is 2.72. The van der Waals surface area contributed by atoms with Crippen molar-refractivity contribution in [3.63, 3.8) is 0 Å². The number of halogens is 3. The van der Waals surface area contributed by atoms with Crippen molar-refractivity contribution in [1.82, 2.24) is 0 Å². The van der Waals surface area contributed by atoms with E-state index in [0.29, 0.717) is 24.0 Å². The predicted molar refractivity (Wildman–Crippen MR) is 73.7 cm³/mol. The Labute approximate surface area is 120 Å². The first kappa shape index (κ1) is 13.5. The summed E-state index contributed by atoms with van der Waals surface area (Å²) in [6.45, 7) is 0. The molecule has 0 aliphatic heterocycles.